The lowest BCUT2D eigenvalue weighted by molar-refractivity contribution is -0.202. The van der Waals surface area contributed by atoms with Crippen molar-refractivity contribution in [1.29, 1.82) is 0 Å². The topological polar surface area (TPSA) is 55.4 Å². The van der Waals surface area contributed by atoms with Crippen molar-refractivity contribution >= 4 is 0 Å². The lowest BCUT2D eigenvalue weighted by Gasteiger charge is -2.29. The average molecular weight is 631 g/mol. The van der Waals surface area contributed by atoms with Crippen LogP contribution in [0.1, 0.15) is 27.8 Å². The molecule has 1 aliphatic rings. The summed E-state index contributed by atoms with van der Waals surface area (Å²) in [5.74, 6) is 0. The van der Waals surface area contributed by atoms with Gasteiger partial charge in [-0.3, -0.25) is 0 Å². The van der Waals surface area contributed by atoms with Crippen molar-refractivity contribution < 1.29 is 28.4 Å². The SMILES string of the molecule is c1ccc(COC[C@H](OCc2ccccc2)[C@@H]2O[C@@H](OCc3ccccc3)[C@H](OCc3ccccc3)[C@H]2OCc2ccccc2)cc1. The molecule has 0 amide bonds. The first-order valence-corrected chi connectivity index (χ1v) is 16.2. The molecular formula is C41H42O6. The number of ether oxygens (including phenoxy) is 6. The third-order valence-electron chi connectivity index (χ3n) is 8.10. The van der Waals surface area contributed by atoms with Crippen LogP contribution in [0.4, 0.5) is 0 Å². The molecule has 1 fully saturated rings. The van der Waals surface area contributed by atoms with Crippen LogP contribution in [0.2, 0.25) is 0 Å². The second kappa shape index (κ2) is 17.7. The number of hydrogen-bond acceptors (Lipinski definition) is 6. The molecule has 6 nitrogen and oxygen atoms in total. The molecule has 1 heterocycles. The molecule has 0 N–H and O–H groups in total. The molecule has 242 valence electrons. The Morgan fingerprint density at radius 3 is 1.28 bits per heavy atom. The monoisotopic (exact) mass is 630 g/mol. The maximum absolute atomic E-state index is 6.76. The standard InChI is InChI=1S/C41H42O6/c1-6-16-32(17-7-1)26-42-31-37(43-27-33-18-8-2-9-19-33)38-39(44-28-34-20-10-3-11-21-34)40(45-29-35-22-12-4-13-23-35)41(47-38)46-30-36-24-14-5-15-25-36/h1-25,37-41H,26-31H2/t37-,38-,39-,40+,41+/m0/s1. The number of rotatable bonds is 17. The van der Waals surface area contributed by atoms with Crippen LogP contribution in [0, 0.1) is 0 Å². The molecule has 0 aliphatic carbocycles. The van der Waals surface area contributed by atoms with E-state index >= 15 is 0 Å². The molecule has 6 heteroatoms. The van der Waals surface area contributed by atoms with Crippen molar-refractivity contribution in [1.82, 2.24) is 0 Å². The zero-order chi connectivity index (χ0) is 31.9. The molecule has 0 aromatic heterocycles. The van der Waals surface area contributed by atoms with Crippen molar-refractivity contribution in [3.8, 4) is 0 Å². The maximum Gasteiger partial charge on any atom is 0.187 e. The van der Waals surface area contributed by atoms with Crippen LogP contribution in [0.15, 0.2) is 152 Å². The Bertz CT molecular complexity index is 1550. The molecule has 6 rings (SSSR count). The molecule has 47 heavy (non-hydrogen) atoms. The van der Waals surface area contributed by atoms with E-state index in [4.69, 9.17) is 28.4 Å². The largest absolute Gasteiger partial charge is 0.374 e. The average Bonchev–Trinajstić information content (AvgIpc) is 3.49. The Hall–Kier alpha value is -4.14. The molecule has 0 spiro atoms. The molecule has 1 saturated heterocycles. The van der Waals surface area contributed by atoms with Gasteiger partial charge in [0, 0.05) is 0 Å². The van der Waals surface area contributed by atoms with Gasteiger partial charge in [0.05, 0.1) is 39.6 Å². The van der Waals surface area contributed by atoms with E-state index in [-0.39, 0.29) is 0 Å². The van der Waals surface area contributed by atoms with Crippen molar-refractivity contribution in [2.24, 2.45) is 0 Å². The third kappa shape index (κ3) is 9.92. The highest BCUT2D eigenvalue weighted by Crippen LogP contribution is 2.33. The molecule has 0 unspecified atom stereocenters. The fraction of sp³-hybridized carbons (Fsp3) is 0.268. The second-order valence-electron chi connectivity index (χ2n) is 11.6. The summed E-state index contributed by atoms with van der Waals surface area (Å²) < 4.78 is 39.5. The fourth-order valence-electron chi connectivity index (χ4n) is 5.62. The highest BCUT2D eigenvalue weighted by molar-refractivity contribution is 5.17. The molecule has 0 radical (unpaired) electrons. The summed E-state index contributed by atoms with van der Waals surface area (Å²) in [5, 5.41) is 0. The van der Waals surface area contributed by atoms with E-state index in [1.165, 1.54) is 0 Å². The predicted molar refractivity (Wildman–Crippen MR) is 181 cm³/mol. The smallest absolute Gasteiger partial charge is 0.187 e. The van der Waals surface area contributed by atoms with Gasteiger partial charge in [-0.25, -0.2) is 0 Å². The van der Waals surface area contributed by atoms with Crippen LogP contribution in [0.5, 0.6) is 0 Å². The molecular weight excluding hydrogens is 588 g/mol. The van der Waals surface area contributed by atoms with Gasteiger partial charge in [0.2, 0.25) is 0 Å². The molecule has 5 aromatic rings. The van der Waals surface area contributed by atoms with Crippen LogP contribution in [0.25, 0.3) is 0 Å². The second-order valence-corrected chi connectivity index (χ2v) is 11.6. The Labute approximate surface area is 277 Å². The molecule has 0 saturated carbocycles. The first-order chi connectivity index (χ1) is 23.3. The summed E-state index contributed by atoms with van der Waals surface area (Å²) in [4.78, 5) is 0. The Kier molecular flexibility index (Phi) is 12.3. The van der Waals surface area contributed by atoms with Gasteiger partial charge in [-0.15, -0.1) is 0 Å². The quantitative estimate of drug-likeness (QED) is 0.104. The summed E-state index contributed by atoms with van der Waals surface area (Å²) in [7, 11) is 0. The van der Waals surface area contributed by atoms with E-state index < -0.39 is 30.7 Å². The van der Waals surface area contributed by atoms with Crippen molar-refractivity contribution in [2.45, 2.75) is 63.7 Å². The minimum absolute atomic E-state index is 0.300. The lowest BCUT2D eigenvalue weighted by Crippen LogP contribution is -2.45. The van der Waals surface area contributed by atoms with E-state index in [1.807, 2.05) is 103 Å². The van der Waals surface area contributed by atoms with E-state index in [9.17, 15) is 0 Å². The van der Waals surface area contributed by atoms with Crippen LogP contribution >= 0.6 is 0 Å². The van der Waals surface area contributed by atoms with Crippen LogP contribution in [0.3, 0.4) is 0 Å². The fourth-order valence-corrected chi connectivity index (χ4v) is 5.62. The summed E-state index contributed by atoms with van der Waals surface area (Å²) >= 11 is 0. The van der Waals surface area contributed by atoms with Gasteiger partial charge >= 0.3 is 0 Å². The van der Waals surface area contributed by atoms with E-state index in [0.29, 0.717) is 39.6 Å². The van der Waals surface area contributed by atoms with Crippen molar-refractivity contribution in [3.05, 3.63) is 179 Å². The van der Waals surface area contributed by atoms with Gasteiger partial charge in [0.1, 0.15) is 24.4 Å². The Morgan fingerprint density at radius 2 is 0.809 bits per heavy atom. The minimum Gasteiger partial charge on any atom is -0.374 e. The third-order valence-corrected chi connectivity index (χ3v) is 8.10. The number of benzene rings is 5. The normalized spacial score (nSPS) is 19.8. The van der Waals surface area contributed by atoms with Gasteiger partial charge in [-0.05, 0) is 27.8 Å². The summed E-state index contributed by atoms with van der Waals surface area (Å²) in [5.41, 5.74) is 5.32. The molecule has 5 aromatic carbocycles. The highest BCUT2D eigenvalue weighted by atomic mass is 16.7. The van der Waals surface area contributed by atoms with Gasteiger partial charge in [0.15, 0.2) is 6.29 Å². The first-order valence-electron chi connectivity index (χ1n) is 16.2. The van der Waals surface area contributed by atoms with E-state index in [0.717, 1.165) is 27.8 Å². The maximum atomic E-state index is 6.76. The van der Waals surface area contributed by atoms with Crippen molar-refractivity contribution in [3.63, 3.8) is 0 Å². The summed E-state index contributed by atoms with van der Waals surface area (Å²) in [6.07, 6.45) is -2.71. The van der Waals surface area contributed by atoms with E-state index in [1.54, 1.807) is 0 Å². The van der Waals surface area contributed by atoms with Crippen LogP contribution in [-0.4, -0.2) is 37.3 Å². The summed E-state index contributed by atoms with van der Waals surface area (Å²) in [6, 6.07) is 50.6. The van der Waals surface area contributed by atoms with Crippen LogP contribution in [-0.2, 0) is 61.5 Å². The summed E-state index contributed by atoms with van der Waals surface area (Å²) in [6.45, 7) is 2.30. The van der Waals surface area contributed by atoms with E-state index in [2.05, 4.69) is 48.5 Å². The van der Waals surface area contributed by atoms with Crippen LogP contribution < -0.4 is 0 Å². The van der Waals surface area contributed by atoms with Gasteiger partial charge in [0.25, 0.3) is 0 Å². The zero-order valence-corrected chi connectivity index (χ0v) is 26.5. The van der Waals surface area contributed by atoms with Gasteiger partial charge in [-0.2, -0.15) is 0 Å². The zero-order valence-electron chi connectivity index (χ0n) is 26.5. The highest BCUT2D eigenvalue weighted by Gasteiger charge is 2.50. The lowest BCUT2D eigenvalue weighted by atomic mass is 10.0. The minimum atomic E-state index is -0.693. The van der Waals surface area contributed by atoms with Crippen molar-refractivity contribution in [2.75, 3.05) is 6.61 Å². The number of hydrogen-bond donors (Lipinski definition) is 0. The Morgan fingerprint density at radius 1 is 0.426 bits per heavy atom. The molecule has 0 bridgehead atoms. The molecule has 1 aliphatic heterocycles. The van der Waals surface area contributed by atoms with Gasteiger partial charge in [-0.1, -0.05) is 152 Å². The Balaban J connectivity index is 1.26. The van der Waals surface area contributed by atoms with Gasteiger partial charge < -0.3 is 28.4 Å². The molecule has 5 atom stereocenters. The predicted octanol–water partition coefficient (Wildman–Crippen LogP) is 7.90. The first kappa shape index (κ1) is 32.8.